The van der Waals surface area contributed by atoms with Crippen molar-refractivity contribution in [3.8, 4) is 0 Å². The number of aryl methyl sites for hydroxylation is 1. The van der Waals surface area contributed by atoms with Gasteiger partial charge in [0.2, 0.25) is 21.8 Å². The third kappa shape index (κ3) is 8.98. The number of rotatable bonds is 12. The minimum absolute atomic E-state index is 0.0704. The monoisotopic (exact) mass is 555 g/mol. The van der Waals surface area contributed by atoms with Gasteiger partial charge in [0.1, 0.15) is 6.04 Å². The number of carbonyl (C=O) groups excluding carboxylic acids is 2. The second-order valence-electron chi connectivity index (χ2n) is 9.36. The van der Waals surface area contributed by atoms with E-state index in [1.165, 1.54) is 9.21 Å². The van der Waals surface area contributed by atoms with Crippen LogP contribution in [0.3, 0.4) is 0 Å². The van der Waals surface area contributed by atoms with Crippen molar-refractivity contribution in [2.45, 2.75) is 53.1 Å². The third-order valence-corrected chi connectivity index (χ3v) is 7.56. The van der Waals surface area contributed by atoms with Crippen molar-refractivity contribution in [3.05, 3.63) is 63.6 Å². The molecule has 0 saturated heterocycles. The molecular weight excluding hydrogens is 521 g/mol. The highest BCUT2D eigenvalue weighted by atomic mass is 35.5. The van der Waals surface area contributed by atoms with E-state index in [-0.39, 0.29) is 43.7 Å². The fraction of sp³-hybridized carbons (Fsp3) is 0.462. The second kappa shape index (κ2) is 13.3. The van der Waals surface area contributed by atoms with E-state index in [1.54, 1.807) is 43.3 Å². The highest BCUT2D eigenvalue weighted by Crippen LogP contribution is 2.24. The van der Waals surface area contributed by atoms with Crippen LogP contribution in [0.1, 0.15) is 44.7 Å². The van der Waals surface area contributed by atoms with Gasteiger partial charge in [-0.15, -0.1) is 0 Å². The third-order valence-electron chi connectivity index (χ3n) is 5.63. The lowest BCUT2D eigenvalue weighted by molar-refractivity contribution is -0.140. The van der Waals surface area contributed by atoms with E-state index in [4.69, 9.17) is 23.2 Å². The summed E-state index contributed by atoms with van der Waals surface area (Å²) >= 11 is 12.2. The van der Waals surface area contributed by atoms with Gasteiger partial charge in [0.15, 0.2) is 0 Å². The van der Waals surface area contributed by atoms with Crippen LogP contribution in [0, 0.1) is 12.8 Å². The lowest BCUT2D eigenvalue weighted by Gasteiger charge is -2.30. The quantitative estimate of drug-likeness (QED) is 0.397. The Hall–Kier alpha value is -2.29. The van der Waals surface area contributed by atoms with Crippen molar-refractivity contribution in [1.29, 1.82) is 0 Å². The largest absolute Gasteiger partial charge is 0.354 e. The highest BCUT2D eigenvalue weighted by molar-refractivity contribution is 7.92. The smallest absolute Gasteiger partial charge is 0.242 e. The molecule has 0 bridgehead atoms. The number of hydrogen-bond acceptors (Lipinski definition) is 4. The van der Waals surface area contributed by atoms with Crippen LogP contribution in [0.25, 0.3) is 0 Å². The predicted octanol–water partition coefficient (Wildman–Crippen LogP) is 5.04. The van der Waals surface area contributed by atoms with Crippen LogP contribution < -0.4 is 9.62 Å². The van der Waals surface area contributed by atoms with E-state index in [1.807, 2.05) is 26.8 Å². The Morgan fingerprint density at radius 3 is 2.31 bits per heavy atom. The molecule has 2 aromatic rings. The van der Waals surface area contributed by atoms with Crippen LogP contribution in [0.2, 0.25) is 10.0 Å². The molecular formula is C26H35Cl2N3O4S. The molecule has 1 N–H and O–H groups in total. The number of halogens is 2. The van der Waals surface area contributed by atoms with Gasteiger partial charge >= 0.3 is 0 Å². The lowest BCUT2D eigenvalue weighted by atomic mass is 10.1. The molecule has 198 valence electrons. The molecule has 2 rings (SSSR count). The SMILES string of the molecule is Cc1cccc(N(CCCC(=O)N(Cc2ccc(Cl)c(Cl)c2)[C@H](C)C(=O)NCC(C)C)S(C)(=O)=O)c1. The molecule has 36 heavy (non-hydrogen) atoms. The number of sulfonamides is 1. The maximum Gasteiger partial charge on any atom is 0.242 e. The first-order valence-corrected chi connectivity index (χ1v) is 14.5. The molecule has 0 unspecified atom stereocenters. The number of anilines is 1. The van der Waals surface area contributed by atoms with Gasteiger partial charge in [0.05, 0.1) is 22.0 Å². The number of benzene rings is 2. The van der Waals surface area contributed by atoms with Gasteiger partial charge in [-0.3, -0.25) is 13.9 Å². The summed E-state index contributed by atoms with van der Waals surface area (Å²) in [6.45, 7) is 8.36. The summed E-state index contributed by atoms with van der Waals surface area (Å²) in [5.41, 5.74) is 2.23. The van der Waals surface area contributed by atoms with Crippen molar-refractivity contribution in [2.75, 3.05) is 23.7 Å². The summed E-state index contributed by atoms with van der Waals surface area (Å²) in [6, 6.07) is 11.6. The maximum absolute atomic E-state index is 13.3. The summed E-state index contributed by atoms with van der Waals surface area (Å²) in [5, 5.41) is 3.64. The zero-order valence-electron chi connectivity index (χ0n) is 21.4. The van der Waals surface area contributed by atoms with E-state index >= 15 is 0 Å². The van der Waals surface area contributed by atoms with E-state index < -0.39 is 16.1 Å². The topological polar surface area (TPSA) is 86.8 Å². The average Bonchev–Trinajstić information content (AvgIpc) is 2.79. The Morgan fingerprint density at radius 2 is 1.72 bits per heavy atom. The van der Waals surface area contributed by atoms with E-state index in [9.17, 15) is 18.0 Å². The molecule has 0 radical (unpaired) electrons. The minimum atomic E-state index is -3.54. The van der Waals surface area contributed by atoms with Gasteiger partial charge in [-0.25, -0.2) is 8.42 Å². The van der Waals surface area contributed by atoms with Gasteiger partial charge in [0, 0.05) is 26.1 Å². The summed E-state index contributed by atoms with van der Waals surface area (Å²) in [7, 11) is -3.54. The molecule has 2 amide bonds. The number of hydrogen-bond donors (Lipinski definition) is 1. The highest BCUT2D eigenvalue weighted by Gasteiger charge is 2.27. The second-order valence-corrected chi connectivity index (χ2v) is 12.1. The van der Waals surface area contributed by atoms with E-state index in [0.717, 1.165) is 17.4 Å². The average molecular weight is 557 g/mol. The van der Waals surface area contributed by atoms with Crippen LogP contribution in [-0.4, -0.2) is 50.5 Å². The van der Waals surface area contributed by atoms with Crippen LogP contribution in [0.15, 0.2) is 42.5 Å². The van der Waals surface area contributed by atoms with Gasteiger partial charge in [0.25, 0.3) is 0 Å². The Kier molecular flexibility index (Phi) is 11.1. The van der Waals surface area contributed by atoms with Crippen molar-refractivity contribution in [2.24, 2.45) is 5.92 Å². The number of carbonyl (C=O) groups is 2. The van der Waals surface area contributed by atoms with Gasteiger partial charge in [-0.2, -0.15) is 0 Å². The normalized spacial score (nSPS) is 12.3. The molecule has 0 aliphatic heterocycles. The summed E-state index contributed by atoms with van der Waals surface area (Å²) < 4.78 is 26.2. The first kappa shape index (κ1) is 29.9. The zero-order chi connectivity index (χ0) is 27.0. The van der Waals surface area contributed by atoms with Crippen LogP contribution in [0.5, 0.6) is 0 Å². The summed E-state index contributed by atoms with van der Waals surface area (Å²) in [6.07, 6.45) is 1.51. The fourth-order valence-electron chi connectivity index (χ4n) is 3.66. The van der Waals surface area contributed by atoms with Crippen molar-refractivity contribution < 1.29 is 18.0 Å². The first-order chi connectivity index (χ1) is 16.8. The maximum atomic E-state index is 13.3. The van der Waals surface area contributed by atoms with Crippen molar-refractivity contribution in [1.82, 2.24) is 10.2 Å². The van der Waals surface area contributed by atoms with Gasteiger partial charge < -0.3 is 10.2 Å². The van der Waals surface area contributed by atoms with Gasteiger partial charge in [-0.1, -0.05) is 55.2 Å². The summed E-state index contributed by atoms with van der Waals surface area (Å²) in [4.78, 5) is 27.6. The van der Waals surface area contributed by atoms with Crippen molar-refractivity contribution in [3.63, 3.8) is 0 Å². The molecule has 7 nitrogen and oxygen atoms in total. The molecule has 0 aliphatic rings. The molecule has 1 atom stereocenters. The molecule has 0 fully saturated rings. The molecule has 0 aliphatic carbocycles. The lowest BCUT2D eigenvalue weighted by Crippen LogP contribution is -2.48. The standard InChI is InChI=1S/C26H35Cl2N3O4S/c1-18(2)16-29-26(33)20(4)30(17-21-11-12-23(27)24(28)15-21)25(32)10-7-13-31(36(5,34)35)22-9-6-8-19(3)14-22/h6,8-9,11-12,14-15,18,20H,7,10,13,16-17H2,1-5H3,(H,29,33)/t20-/m1/s1. The van der Waals surface area contributed by atoms with E-state index in [2.05, 4.69) is 5.32 Å². The number of nitrogens with one attached hydrogen (secondary N) is 1. The first-order valence-electron chi connectivity index (χ1n) is 11.8. The van der Waals surface area contributed by atoms with Crippen molar-refractivity contribution >= 4 is 50.7 Å². The Morgan fingerprint density at radius 1 is 1.03 bits per heavy atom. The molecule has 0 aromatic heterocycles. The molecule has 10 heteroatoms. The molecule has 0 saturated carbocycles. The Labute approximate surface area is 224 Å². The Bertz CT molecular complexity index is 1170. The molecule has 0 heterocycles. The van der Waals surface area contributed by atoms with Crippen LogP contribution in [-0.2, 0) is 26.2 Å². The number of amides is 2. The van der Waals surface area contributed by atoms with Crippen LogP contribution in [0.4, 0.5) is 5.69 Å². The Balaban J connectivity index is 2.19. The summed E-state index contributed by atoms with van der Waals surface area (Å²) in [5.74, 6) is -0.246. The van der Waals surface area contributed by atoms with Crippen LogP contribution >= 0.6 is 23.2 Å². The molecule has 0 spiro atoms. The fourth-order valence-corrected chi connectivity index (χ4v) is 4.93. The zero-order valence-corrected chi connectivity index (χ0v) is 23.8. The predicted molar refractivity (Wildman–Crippen MR) is 147 cm³/mol. The number of nitrogens with zero attached hydrogens (tertiary/aromatic N) is 2. The molecule has 2 aromatic carbocycles. The van der Waals surface area contributed by atoms with Gasteiger partial charge in [-0.05, 0) is 61.6 Å². The van der Waals surface area contributed by atoms with E-state index in [0.29, 0.717) is 22.3 Å². The minimum Gasteiger partial charge on any atom is -0.354 e.